The quantitative estimate of drug-likeness (QED) is 0.805. The van der Waals surface area contributed by atoms with Crippen molar-refractivity contribution in [2.24, 2.45) is 0 Å². The summed E-state index contributed by atoms with van der Waals surface area (Å²) >= 11 is 5.80. The Kier molecular flexibility index (Phi) is 4.01. The van der Waals surface area contributed by atoms with Gasteiger partial charge in [0.25, 0.3) is 0 Å². The first-order valence-electron chi connectivity index (χ1n) is 5.60. The molecule has 2 aromatic carbocycles. The van der Waals surface area contributed by atoms with E-state index < -0.39 is 23.7 Å². The highest BCUT2D eigenvalue weighted by Gasteiger charge is 2.35. The van der Waals surface area contributed by atoms with E-state index >= 15 is 0 Å². The molecule has 0 saturated heterocycles. The zero-order chi connectivity index (χ0) is 14.9. The number of benzene rings is 2. The van der Waals surface area contributed by atoms with Gasteiger partial charge in [0, 0.05) is 10.6 Å². The van der Waals surface area contributed by atoms with Crippen molar-refractivity contribution in [2.45, 2.75) is 12.3 Å². The normalized spacial score (nSPS) is 13.3. The molecule has 6 heteroatoms. The summed E-state index contributed by atoms with van der Waals surface area (Å²) in [5, 5.41) is 10.1. The smallest absolute Gasteiger partial charge is 0.384 e. The molecule has 1 nitrogen and oxygen atoms in total. The third-order valence-electron chi connectivity index (χ3n) is 2.81. The van der Waals surface area contributed by atoms with E-state index in [-0.39, 0.29) is 16.1 Å². The number of aliphatic hydroxyl groups excluding tert-OH is 1. The Morgan fingerprint density at radius 1 is 1.00 bits per heavy atom. The lowest BCUT2D eigenvalue weighted by molar-refractivity contribution is -0.139. The van der Waals surface area contributed by atoms with Gasteiger partial charge < -0.3 is 5.11 Å². The molecule has 0 aliphatic carbocycles. The first-order chi connectivity index (χ1) is 9.30. The van der Waals surface area contributed by atoms with Crippen LogP contribution in [0.4, 0.5) is 17.6 Å². The number of aliphatic hydroxyl groups is 1. The second-order valence-electron chi connectivity index (χ2n) is 4.15. The third-order valence-corrected chi connectivity index (χ3v) is 3.16. The second-order valence-corrected chi connectivity index (χ2v) is 4.56. The summed E-state index contributed by atoms with van der Waals surface area (Å²) in [7, 11) is 0. The Bertz CT molecular complexity index is 625. The van der Waals surface area contributed by atoms with E-state index in [0.717, 1.165) is 24.3 Å². The van der Waals surface area contributed by atoms with Crippen molar-refractivity contribution in [1.82, 2.24) is 0 Å². The summed E-state index contributed by atoms with van der Waals surface area (Å²) < 4.78 is 51.8. The standard InChI is InChI=1S/C14H9ClF4O/c15-12-6-5-8(16)7-10(12)13(20)9-3-1-2-4-11(9)14(17,18)19/h1-7,13,20H. The van der Waals surface area contributed by atoms with Gasteiger partial charge in [-0.2, -0.15) is 13.2 Å². The van der Waals surface area contributed by atoms with Crippen molar-refractivity contribution in [3.63, 3.8) is 0 Å². The molecule has 20 heavy (non-hydrogen) atoms. The van der Waals surface area contributed by atoms with E-state index in [0.29, 0.717) is 0 Å². The molecule has 0 bridgehead atoms. The van der Waals surface area contributed by atoms with Crippen molar-refractivity contribution in [3.05, 3.63) is 70.0 Å². The second kappa shape index (κ2) is 5.42. The molecule has 2 aromatic rings. The lowest BCUT2D eigenvalue weighted by atomic mass is 9.96. The molecule has 1 atom stereocenters. The molecule has 1 unspecified atom stereocenters. The van der Waals surface area contributed by atoms with Crippen LogP contribution in [0.25, 0.3) is 0 Å². The van der Waals surface area contributed by atoms with Gasteiger partial charge in [0.2, 0.25) is 0 Å². The minimum atomic E-state index is -4.61. The molecule has 2 rings (SSSR count). The average molecular weight is 305 g/mol. The summed E-state index contributed by atoms with van der Waals surface area (Å²) in [6.45, 7) is 0. The lowest BCUT2D eigenvalue weighted by Crippen LogP contribution is -2.13. The summed E-state index contributed by atoms with van der Waals surface area (Å²) in [4.78, 5) is 0. The van der Waals surface area contributed by atoms with Crippen molar-refractivity contribution < 1.29 is 22.7 Å². The number of rotatable bonds is 2. The molecular formula is C14H9ClF4O. The minimum Gasteiger partial charge on any atom is -0.384 e. The zero-order valence-corrected chi connectivity index (χ0v) is 10.7. The van der Waals surface area contributed by atoms with Crippen LogP contribution in [0.15, 0.2) is 42.5 Å². The zero-order valence-electron chi connectivity index (χ0n) is 9.96. The molecule has 106 valence electrons. The first-order valence-corrected chi connectivity index (χ1v) is 5.97. The van der Waals surface area contributed by atoms with Crippen molar-refractivity contribution >= 4 is 11.6 Å². The summed E-state index contributed by atoms with van der Waals surface area (Å²) in [5.41, 5.74) is -1.45. The van der Waals surface area contributed by atoms with Crippen LogP contribution >= 0.6 is 11.6 Å². The highest BCUT2D eigenvalue weighted by Crippen LogP contribution is 2.38. The molecule has 0 spiro atoms. The number of halogens is 5. The molecule has 0 saturated carbocycles. The van der Waals surface area contributed by atoms with E-state index in [4.69, 9.17) is 11.6 Å². The fourth-order valence-corrected chi connectivity index (χ4v) is 2.11. The molecule has 0 fully saturated rings. The molecule has 0 aliphatic rings. The van der Waals surface area contributed by atoms with E-state index in [1.165, 1.54) is 18.2 Å². The van der Waals surface area contributed by atoms with Gasteiger partial charge in [-0.25, -0.2) is 4.39 Å². The molecule has 0 amide bonds. The molecule has 0 aromatic heterocycles. The fourth-order valence-electron chi connectivity index (χ4n) is 1.89. The SMILES string of the molecule is OC(c1cc(F)ccc1Cl)c1ccccc1C(F)(F)F. The molecule has 0 radical (unpaired) electrons. The molecular weight excluding hydrogens is 296 g/mol. The Morgan fingerprint density at radius 2 is 1.65 bits per heavy atom. The van der Waals surface area contributed by atoms with Crippen LogP contribution in [0.5, 0.6) is 0 Å². The number of hydrogen-bond acceptors (Lipinski definition) is 1. The van der Waals surface area contributed by atoms with Crippen LogP contribution in [0, 0.1) is 5.82 Å². The van der Waals surface area contributed by atoms with Gasteiger partial charge in [-0.15, -0.1) is 0 Å². The predicted molar refractivity (Wildman–Crippen MR) is 66.9 cm³/mol. The van der Waals surface area contributed by atoms with Crippen LogP contribution in [-0.2, 0) is 6.18 Å². The third kappa shape index (κ3) is 2.94. The maximum Gasteiger partial charge on any atom is 0.416 e. The first kappa shape index (κ1) is 14.8. The largest absolute Gasteiger partial charge is 0.416 e. The van der Waals surface area contributed by atoms with Gasteiger partial charge in [-0.3, -0.25) is 0 Å². The van der Waals surface area contributed by atoms with Crippen LogP contribution in [0.3, 0.4) is 0 Å². The lowest BCUT2D eigenvalue weighted by Gasteiger charge is -2.18. The highest BCUT2D eigenvalue weighted by atomic mass is 35.5. The van der Waals surface area contributed by atoms with E-state index in [1.807, 2.05) is 0 Å². The Hall–Kier alpha value is -1.59. The monoisotopic (exact) mass is 304 g/mol. The summed E-state index contributed by atoms with van der Waals surface area (Å²) in [5.74, 6) is -0.687. The number of hydrogen-bond donors (Lipinski definition) is 1. The van der Waals surface area contributed by atoms with Gasteiger partial charge in [-0.1, -0.05) is 29.8 Å². The Labute approximate surface area is 117 Å². The van der Waals surface area contributed by atoms with Crippen LogP contribution < -0.4 is 0 Å². The highest BCUT2D eigenvalue weighted by molar-refractivity contribution is 6.31. The summed E-state index contributed by atoms with van der Waals surface area (Å²) in [6.07, 6.45) is -6.27. The Morgan fingerprint density at radius 3 is 2.30 bits per heavy atom. The molecule has 1 N–H and O–H groups in total. The van der Waals surface area contributed by atoms with Crippen LogP contribution in [0.1, 0.15) is 22.8 Å². The maximum atomic E-state index is 13.2. The van der Waals surface area contributed by atoms with Gasteiger partial charge in [-0.05, 0) is 29.8 Å². The van der Waals surface area contributed by atoms with Crippen molar-refractivity contribution in [2.75, 3.05) is 0 Å². The van der Waals surface area contributed by atoms with Crippen molar-refractivity contribution in [3.8, 4) is 0 Å². The summed E-state index contributed by atoms with van der Waals surface area (Å²) in [6, 6.07) is 7.73. The minimum absolute atomic E-state index is 0.00382. The van der Waals surface area contributed by atoms with Crippen LogP contribution in [0.2, 0.25) is 5.02 Å². The Balaban J connectivity index is 2.54. The fraction of sp³-hybridized carbons (Fsp3) is 0.143. The van der Waals surface area contributed by atoms with Crippen LogP contribution in [-0.4, -0.2) is 5.11 Å². The maximum absolute atomic E-state index is 13.2. The average Bonchev–Trinajstić information content (AvgIpc) is 2.40. The van der Waals surface area contributed by atoms with Gasteiger partial charge in [0.05, 0.1) is 5.56 Å². The van der Waals surface area contributed by atoms with Gasteiger partial charge in [0.1, 0.15) is 11.9 Å². The topological polar surface area (TPSA) is 20.2 Å². The van der Waals surface area contributed by atoms with E-state index in [2.05, 4.69) is 0 Å². The van der Waals surface area contributed by atoms with Gasteiger partial charge in [0.15, 0.2) is 0 Å². The molecule has 0 aliphatic heterocycles. The number of alkyl halides is 3. The van der Waals surface area contributed by atoms with Crippen molar-refractivity contribution in [1.29, 1.82) is 0 Å². The van der Waals surface area contributed by atoms with E-state index in [9.17, 15) is 22.7 Å². The van der Waals surface area contributed by atoms with Gasteiger partial charge >= 0.3 is 6.18 Å². The van der Waals surface area contributed by atoms with E-state index in [1.54, 1.807) is 0 Å². The molecule has 0 heterocycles. The predicted octanol–water partition coefficient (Wildman–Crippen LogP) is 4.58.